The zero-order valence-electron chi connectivity index (χ0n) is 25.1. The highest BCUT2D eigenvalue weighted by Crippen LogP contribution is 2.35. The van der Waals surface area contributed by atoms with E-state index in [0.717, 1.165) is 9.87 Å². The van der Waals surface area contributed by atoms with E-state index < -0.39 is 45.8 Å². The summed E-state index contributed by atoms with van der Waals surface area (Å²) in [6.45, 7) is 4.37. The van der Waals surface area contributed by atoms with Crippen molar-refractivity contribution in [3.63, 3.8) is 0 Å². The van der Waals surface area contributed by atoms with Crippen molar-refractivity contribution in [3.05, 3.63) is 130 Å². The van der Waals surface area contributed by atoms with Crippen molar-refractivity contribution in [1.82, 2.24) is 10.2 Å². The Hall–Kier alpha value is -3.92. The van der Waals surface area contributed by atoms with Crippen molar-refractivity contribution in [3.8, 4) is 0 Å². The summed E-state index contributed by atoms with van der Waals surface area (Å²) in [5.41, 5.74) is 0.233. The smallest absolute Gasteiger partial charge is 0.264 e. The molecule has 0 aliphatic heterocycles. The molecule has 1 unspecified atom stereocenters. The molecule has 4 aromatic carbocycles. The van der Waals surface area contributed by atoms with Gasteiger partial charge in [0.1, 0.15) is 18.4 Å². The minimum absolute atomic E-state index is 0.0223. The number of carbonyl (C=O) groups is 2. The first-order valence-electron chi connectivity index (χ1n) is 14.2. The van der Waals surface area contributed by atoms with Crippen LogP contribution in [0.1, 0.15) is 31.9 Å². The van der Waals surface area contributed by atoms with Gasteiger partial charge < -0.3 is 10.2 Å². The maximum Gasteiger partial charge on any atom is 0.264 e. The van der Waals surface area contributed by atoms with Crippen molar-refractivity contribution in [2.24, 2.45) is 0 Å². The van der Waals surface area contributed by atoms with Gasteiger partial charge in [0.2, 0.25) is 11.8 Å². The van der Waals surface area contributed by atoms with E-state index in [1.54, 1.807) is 24.3 Å². The highest BCUT2D eigenvalue weighted by molar-refractivity contribution is 7.92. The van der Waals surface area contributed by atoms with Crippen LogP contribution < -0.4 is 9.62 Å². The molecule has 0 fully saturated rings. The molecule has 0 aliphatic rings. The Morgan fingerprint density at radius 1 is 0.844 bits per heavy atom. The monoisotopic (exact) mass is 669 g/mol. The van der Waals surface area contributed by atoms with Crippen LogP contribution in [-0.4, -0.2) is 43.3 Å². The van der Waals surface area contributed by atoms with Gasteiger partial charge in [-0.2, -0.15) is 0 Å². The molecule has 0 bridgehead atoms. The van der Waals surface area contributed by atoms with E-state index in [0.29, 0.717) is 0 Å². The number of anilines is 1. The zero-order chi connectivity index (χ0) is 32.8. The number of nitrogens with one attached hydrogen (secondary N) is 1. The van der Waals surface area contributed by atoms with Gasteiger partial charge in [-0.15, -0.1) is 0 Å². The van der Waals surface area contributed by atoms with Crippen LogP contribution in [-0.2, 0) is 32.6 Å². The Balaban J connectivity index is 1.85. The molecule has 0 saturated carbocycles. The van der Waals surface area contributed by atoms with Crippen LogP contribution in [0.3, 0.4) is 0 Å². The number of sulfonamides is 1. The fraction of sp³-hybridized carbons (Fsp3) is 0.235. The molecule has 0 saturated heterocycles. The summed E-state index contributed by atoms with van der Waals surface area (Å²) in [5.74, 6) is -1.80. The van der Waals surface area contributed by atoms with Crippen LogP contribution in [0, 0.1) is 5.82 Å². The number of halogens is 3. The molecule has 4 aromatic rings. The first kappa shape index (κ1) is 34.0. The van der Waals surface area contributed by atoms with Gasteiger partial charge in [-0.1, -0.05) is 96.0 Å². The first-order chi connectivity index (χ1) is 21.3. The number of nitrogens with zero attached hydrogens (tertiary/aromatic N) is 2. The minimum atomic E-state index is -4.37. The molecule has 0 spiro atoms. The third-order valence-corrected chi connectivity index (χ3v) is 9.46. The molecule has 0 heterocycles. The molecule has 11 heteroatoms. The van der Waals surface area contributed by atoms with E-state index in [9.17, 15) is 18.0 Å². The van der Waals surface area contributed by atoms with Crippen LogP contribution in [0.4, 0.5) is 10.1 Å². The van der Waals surface area contributed by atoms with E-state index in [1.807, 2.05) is 51.1 Å². The summed E-state index contributed by atoms with van der Waals surface area (Å²) in [6, 6.07) is 25.9. The van der Waals surface area contributed by atoms with Crippen LogP contribution in [0.2, 0.25) is 10.0 Å². The second kappa shape index (κ2) is 14.5. The van der Waals surface area contributed by atoms with Gasteiger partial charge in [0.05, 0.1) is 20.6 Å². The standard InChI is InChI=1S/C34H34Cl2FN3O4S/c1-34(2,3)38-33(42)30(21-24-13-6-4-7-14-24)39(22-25-15-10-11-19-28(25)37)31(41)23-40(29-20-12-18-27(35)32(29)36)45(43,44)26-16-8-5-9-17-26/h4-20,30H,21-23H2,1-3H3,(H,38,42). The quantitative estimate of drug-likeness (QED) is 0.189. The summed E-state index contributed by atoms with van der Waals surface area (Å²) in [6.07, 6.45) is 0.0896. The summed E-state index contributed by atoms with van der Waals surface area (Å²) >= 11 is 12.8. The van der Waals surface area contributed by atoms with E-state index in [4.69, 9.17) is 23.2 Å². The zero-order valence-corrected chi connectivity index (χ0v) is 27.4. The summed E-state index contributed by atoms with van der Waals surface area (Å²) < 4.78 is 44.0. The normalized spacial score (nSPS) is 12.3. The lowest BCUT2D eigenvalue weighted by Crippen LogP contribution is -2.56. The predicted octanol–water partition coefficient (Wildman–Crippen LogP) is 6.88. The molecule has 236 valence electrons. The highest BCUT2D eigenvalue weighted by atomic mass is 35.5. The summed E-state index contributed by atoms with van der Waals surface area (Å²) in [4.78, 5) is 29.5. The van der Waals surface area contributed by atoms with Gasteiger partial charge in [0, 0.05) is 24.1 Å². The van der Waals surface area contributed by atoms with Gasteiger partial charge in [-0.3, -0.25) is 13.9 Å². The number of rotatable bonds is 11. The van der Waals surface area contributed by atoms with Crippen LogP contribution in [0.15, 0.2) is 108 Å². The van der Waals surface area contributed by atoms with Gasteiger partial charge in [0.15, 0.2) is 0 Å². The lowest BCUT2D eigenvalue weighted by Gasteiger charge is -2.35. The van der Waals surface area contributed by atoms with E-state index >= 15 is 4.39 Å². The fourth-order valence-electron chi connectivity index (χ4n) is 4.74. The van der Waals surface area contributed by atoms with Gasteiger partial charge >= 0.3 is 0 Å². The SMILES string of the molecule is CC(C)(C)NC(=O)C(Cc1ccccc1)N(Cc1ccccc1F)C(=O)CN(c1cccc(Cl)c1Cl)S(=O)(=O)c1ccccc1. The number of hydrogen-bond acceptors (Lipinski definition) is 4. The molecule has 7 nitrogen and oxygen atoms in total. The molecule has 45 heavy (non-hydrogen) atoms. The molecule has 0 radical (unpaired) electrons. The Bertz CT molecular complexity index is 1750. The molecule has 0 aliphatic carbocycles. The Morgan fingerprint density at radius 2 is 1.44 bits per heavy atom. The molecule has 2 amide bonds. The molecule has 4 rings (SSSR count). The van der Waals surface area contributed by atoms with E-state index in [2.05, 4.69) is 5.32 Å². The molecule has 1 N–H and O–H groups in total. The maximum atomic E-state index is 15.0. The van der Waals surface area contributed by atoms with Crippen molar-refractivity contribution >= 4 is 50.7 Å². The minimum Gasteiger partial charge on any atom is -0.350 e. The van der Waals surface area contributed by atoms with Crippen LogP contribution in [0.5, 0.6) is 0 Å². The average Bonchev–Trinajstić information content (AvgIpc) is 3.00. The second-order valence-electron chi connectivity index (χ2n) is 11.5. The van der Waals surface area contributed by atoms with Gasteiger partial charge in [0.25, 0.3) is 10.0 Å². The first-order valence-corrected chi connectivity index (χ1v) is 16.4. The summed E-state index contributed by atoms with van der Waals surface area (Å²) in [7, 11) is -4.37. The topological polar surface area (TPSA) is 86.8 Å². The van der Waals surface area contributed by atoms with Crippen molar-refractivity contribution in [2.75, 3.05) is 10.8 Å². The number of amides is 2. The van der Waals surface area contributed by atoms with Gasteiger partial charge in [-0.25, -0.2) is 12.8 Å². The van der Waals surface area contributed by atoms with Crippen molar-refractivity contribution in [2.45, 2.75) is 50.2 Å². The van der Waals surface area contributed by atoms with Crippen LogP contribution >= 0.6 is 23.2 Å². The third kappa shape index (κ3) is 8.63. The lowest BCUT2D eigenvalue weighted by molar-refractivity contribution is -0.140. The highest BCUT2D eigenvalue weighted by Gasteiger charge is 2.36. The van der Waals surface area contributed by atoms with E-state index in [-0.39, 0.29) is 39.2 Å². The molecular formula is C34H34Cl2FN3O4S. The van der Waals surface area contributed by atoms with Crippen LogP contribution in [0.25, 0.3) is 0 Å². The third-order valence-electron chi connectivity index (χ3n) is 6.88. The van der Waals surface area contributed by atoms with Gasteiger partial charge in [-0.05, 0) is 56.7 Å². The molecular weight excluding hydrogens is 636 g/mol. The van der Waals surface area contributed by atoms with E-state index in [1.165, 1.54) is 53.4 Å². The fourth-order valence-corrected chi connectivity index (χ4v) is 6.63. The number of benzene rings is 4. The van der Waals surface area contributed by atoms with Crippen molar-refractivity contribution in [1.29, 1.82) is 0 Å². The lowest BCUT2D eigenvalue weighted by atomic mass is 10.0. The predicted molar refractivity (Wildman–Crippen MR) is 176 cm³/mol. The molecule has 1 atom stereocenters. The number of carbonyl (C=O) groups excluding carboxylic acids is 2. The average molecular weight is 671 g/mol. The Morgan fingerprint density at radius 3 is 2.07 bits per heavy atom. The molecule has 0 aromatic heterocycles. The Kier molecular flexibility index (Phi) is 10.9. The maximum absolute atomic E-state index is 15.0. The Labute approximate surface area is 273 Å². The number of hydrogen-bond donors (Lipinski definition) is 1. The summed E-state index contributed by atoms with van der Waals surface area (Å²) in [5, 5.41) is 2.95. The second-order valence-corrected chi connectivity index (χ2v) is 14.1. The van der Waals surface area contributed by atoms with Crippen molar-refractivity contribution < 1.29 is 22.4 Å². The largest absolute Gasteiger partial charge is 0.350 e.